The van der Waals surface area contributed by atoms with Gasteiger partial charge in [-0.2, -0.15) is 0 Å². The largest absolute Gasteiger partial charge is 0.480 e. The summed E-state index contributed by atoms with van der Waals surface area (Å²) in [5.74, 6) is -2.05. The van der Waals surface area contributed by atoms with Crippen LogP contribution >= 0.6 is 23.2 Å². The topological polar surface area (TPSA) is 63.3 Å². The van der Waals surface area contributed by atoms with Crippen molar-refractivity contribution in [3.8, 4) is 0 Å². The van der Waals surface area contributed by atoms with Gasteiger partial charge in [-0.1, -0.05) is 23.2 Å². The zero-order chi connectivity index (χ0) is 10.9. The fraction of sp³-hybridized carbons (Fsp3) is 0.125. The number of hydrogen-bond acceptors (Lipinski definition) is 2. The highest BCUT2D eigenvalue weighted by Gasteiger charge is 2.17. The lowest BCUT2D eigenvalue weighted by Gasteiger charge is -2.08. The summed E-state index contributed by atoms with van der Waals surface area (Å²) in [6.07, 6.45) is 0. The van der Waals surface area contributed by atoms with Gasteiger partial charge in [-0.05, 0) is 17.7 Å². The highest BCUT2D eigenvalue weighted by molar-refractivity contribution is 6.42. The van der Waals surface area contributed by atoms with Crippen molar-refractivity contribution in [2.75, 3.05) is 0 Å². The molecule has 0 aromatic heterocycles. The lowest BCUT2D eigenvalue weighted by Crippen LogP contribution is -2.20. The minimum atomic E-state index is -1.31. The van der Waals surface area contributed by atoms with Crippen LogP contribution in [-0.4, -0.2) is 11.1 Å². The summed E-state index contributed by atoms with van der Waals surface area (Å²) in [6.45, 7) is 0. The number of benzene rings is 1. The van der Waals surface area contributed by atoms with E-state index in [0.717, 1.165) is 6.07 Å². The Morgan fingerprint density at radius 1 is 1.50 bits per heavy atom. The third-order valence-electron chi connectivity index (χ3n) is 1.63. The van der Waals surface area contributed by atoms with E-state index in [4.69, 9.17) is 34.0 Å². The van der Waals surface area contributed by atoms with Crippen molar-refractivity contribution < 1.29 is 14.3 Å². The molecule has 3 nitrogen and oxygen atoms in total. The molecule has 0 aliphatic heterocycles. The first-order valence-electron chi connectivity index (χ1n) is 3.56. The van der Waals surface area contributed by atoms with Gasteiger partial charge >= 0.3 is 5.97 Å². The van der Waals surface area contributed by atoms with Gasteiger partial charge in [0.15, 0.2) is 0 Å². The summed E-state index contributed by atoms with van der Waals surface area (Å²) in [4.78, 5) is 10.5. The van der Waals surface area contributed by atoms with Crippen molar-refractivity contribution in [1.29, 1.82) is 0 Å². The molecule has 14 heavy (non-hydrogen) atoms. The highest BCUT2D eigenvalue weighted by Crippen LogP contribution is 2.28. The second kappa shape index (κ2) is 4.13. The first-order chi connectivity index (χ1) is 6.43. The molecule has 1 aromatic rings. The second-order valence-electron chi connectivity index (χ2n) is 2.61. The number of carboxylic acids is 1. The van der Waals surface area contributed by atoms with Crippen LogP contribution in [0.4, 0.5) is 4.39 Å². The van der Waals surface area contributed by atoms with E-state index in [2.05, 4.69) is 0 Å². The van der Waals surface area contributed by atoms with Gasteiger partial charge in [0.1, 0.15) is 11.9 Å². The van der Waals surface area contributed by atoms with Crippen LogP contribution in [-0.2, 0) is 4.79 Å². The average molecular weight is 238 g/mol. The Bertz CT molecular complexity index is 361. The molecule has 0 aliphatic carbocycles. The summed E-state index contributed by atoms with van der Waals surface area (Å²) < 4.78 is 13.0. The zero-order valence-electron chi connectivity index (χ0n) is 6.80. The summed E-state index contributed by atoms with van der Waals surface area (Å²) in [5.41, 5.74) is 5.33. The van der Waals surface area contributed by atoms with E-state index in [0.29, 0.717) is 0 Å². The molecular formula is C8H6Cl2FNO2. The third kappa shape index (κ3) is 2.15. The standard InChI is InChI=1S/C8H6Cl2FNO2/c9-4-1-3(7(12)8(13)14)2-5(11)6(4)10/h1-2,7H,12H2,(H,13,14)/t7-/m0/s1. The molecule has 0 unspecified atom stereocenters. The second-order valence-corrected chi connectivity index (χ2v) is 3.40. The maximum atomic E-state index is 13.0. The van der Waals surface area contributed by atoms with Crippen LogP contribution < -0.4 is 5.73 Å². The smallest absolute Gasteiger partial charge is 0.325 e. The number of hydrogen-bond donors (Lipinski definition) is 2. The van der Waals surface area contributed by atoms with Crippen molar-refractivity contribution in [1.82, 2.24) is 0 Å². The maximum Gasteiger partial charge on any atom is 0.325 e. The van der Waals surface area contributed by atoms with E-state index in [1.165, 1.54) is 6.07 Å². The summed E-state index contributed by atoms with van der Waals surface area (Å²) in [5, 5.41) is 8.26. The summed E-state index contributed by atoms with van der Waals surface area (Å²) >= 11 is 11.0. The van der Waals surface area contributed by atoms with Gasteiger partial charge in [-0.3, -0.25) is 4.79 Å². The Morgan fingerprint density at radius 2 is 2.07 bits per heavy atom. The van der Waals surface area contributed by atoms with Crippen molar-refractivity contribution in [3.05, 3.63) is 33.6 Å². The van der Waals surface area contributed by atoms with Crippen LogP contribution in [0.2, 0.25) is 10.0 Å². The molecule has 0 saturated carbocycles. The number of nitrogens with two attached hydrogens (primary N) is 1. The molecule has 0 spiro atoms. The molecule has 0 aliphatic rings. The molecule has 0 radical (unpaired) electrons. The first-order valence-corrected chi connectivity index (χ1v) is 4.32. The van der Waals surface area contributed by atoms with Crippen molar-refractivity contribution in [2.45, 2.75) is 6.04 Å². The quantitative estimate of drug-likeness (QED) is 0.776. The number of aliphatic carboxylic acids is 1. The van der Waals surface area contributed by atoms with Gasteiger partial charge in [0, 0.05) is 0 Å². The van der Waals surface area contributed by atoms with Gasteiger partial charge in [-0.15, -0.1) is 0 Å². The third-order valence-corrected chi connectivity index (χ3v) is 2.41. The number of rotatable bonds is 2. The van der Waals surface area contributed by atoms with Gasteiger partial charge < -0.3 is 10.8 Å². The van der Waals surface area contributed by atoms with Crippen molar-refractivity contribution >= 4 is 29.2 Å². The van der Waals surface area contributed by atoms with Crippen LogP contribution in [0.15, 0.2) is 12.1 Å². The van der Waals surface area contributed by atoms with E-state index in [1.807, 2.05) is 0 Å². The van der Waals surface area contributed by atoms with E-state index < -0.39 is 17.8 Å². The predicted octanol–water partition coefficient (Wildman–Crippen LogP) is 2.22. The zero-order valence-corrected chi connectivity index (χ0v) is 8.31. The van der Waals surface area contributed by atoms with Gasteiger partial charge in [-0.25, -0.2) is 4.39 Å². The molecule has 0 bridgehead atoms. The van der Waals surface area contributed by atoms with Crippen LogP contribution in [0, 0.1) is 5.82 Å². The maximum absolute atomic E-state index is 13.0. The molecule has 0 fully saturated rings. The molecule has 76 valence electrons. The average Bonchev–Trinajstić information content (AvgIpc) is 2.12. The normalized spacial score (nSPS) is 12.6. The van der Waals surface area contributed by atoms with Crippen molar-refractivity contribution in [2.24, 2.45) is 5.73 Å². The highest BCUT2D eigenvalue weighted by atomic mass is 35.5. The fourth-order valence-corrected chi connectivity index (χ4v) is 1.22. The van der Waals surface area contributed by atoms with E-state index in [1.54, 1.807) is 0 Å². The van der Waals surface area contributed by atoms with Crippen LogP contribution in [0.3, 0.4) is 0 Å². The summed E-state index contributed by atoms with van der Waals surface area (Å²) in [7, 11) is 0. The fourth-order valence-electron chi connectivity index (χ4n) is 0.897. The van der Waals surface area contributed by atoms with Crippen LogP contribution in [0.5, 0.6) is 0 Å². The molecule has 0 heterocycles. The molecule has 6 heteroatoms. The Hall–Kier alpha value is -0.840. The number of carboxylic acid groups (broad SMARTS) is 1. The van der Waals surface area contributed by atoms with Crippen LogP contribution in [0.1, 0.15) is 11.6 Å². The van der Waals surface area contributed by atoms with E-state index in [9.17, 15) is 9.18 Å². The molecular weight excluding hydrogens is 232 g/mol. The lowest BCUT2D eigenvalue weighted by atomic mass is 10.1. The molecule has 0 saturated heterocycles. The molecule has 3 N–H and O–H groups in total. The van der Waals surface area contributed by atoms with E-state index >= 15 is 0 Å². The Kier molecular flexibility index (Phi) is 3.31. The number of carbonyl (C=O) groups is 1. The van der Waals surface area contributed by atoms with Crippen LogP contribution in [0.25, 0.3) is 0 Å². The molecule has 0 amide bonds. The first kappa shape index (κ1) is 11.2. The lowest BCUT2D eigenvalue weighted by molar-refractivity contribution is -0.138. The minimum absolute atomic E-state index is 0.0571. The van der Waals surface area contributed by atoms with E-state index in [-0.39, 0.29) is 15.6 Å². The Labute approximate surface area is 89.2 Å². The molecule has 1 rings (SSSR count). The Morgan fingerprint density at radius 3 is 2.50 bits per heavy atom. The van der Waals surface area contributed by atoms with Gasteiger partial charge in [0.2, 0.25) is 0 Å². The van der Waals surface area contributed by atoms with Crippen molar-refractivity contribution in [3.63, 3.8) is 0 Å². The molecule has 1 atom stereocenters. The predicted molar refractivity (Wildman–Crippen MR) is 51.0 cm³/mol. The molecule has 1 aromatic carbocycles. The number of halogens is 3. The SMILES string of the molecule is N[C@H](C(=O)O)c1cc(F)c(Cl)c(Cl)c1. The van der Waals surface area contributed by atoms with Gasteiger partial charge in [0.05, 0.1) is 10.0 Å². The summed E-state index contributed by atoms with van der Waals surface area (Å²) in [6, 6.07) is 0.873. The Balaban J connectivity index is 3.19. The van der Waals surface area contributed by atoms with Gasteiger partial charge in [0.25, 0.3) is 0 Å². The monoisotopic (exact) mass is 237 g/mol. The minimum Gasteiger partial charge on any atom is -0.480 e.